The van der Waals surface area contributed by atoms with Crippen LogP contribution in [0.15, 0.2) is 18.2 Å². The first-order chi connectivity index (χ1) is 9.04. The van der Waals surface area contributed by atoms with Gasteiger partial charge in [-0.05, 0) is 18.2 Å². The Kier molecular flexibility index (Phi) is 4.63. The molecule has 2 rings (SSSR count). The lowest BCUT2D eigenvalue weighted by atomic mass is 10.1. The van der Waals surface area contributed by atoms with Crippen LogP contribution in [-0.4, -0.2) is 30.9 Å². The number of carbonyl (C=O) groups is 2. The molecular formula is C12H13Cl2N3O2. The highest BCUT2D eigenvalue weighted by Crippen LogP contribution is 2.22. The molecule has 0 bridgehead atoms. The number of carbonyl (C=O) groups excluding carboxylic acids is 2. The van der Waals surface area contributed by atoms with Crippen LogP contribution in [0.3, 0.4) is 0 Å². The standard InChI is InChI=1S/C12H13Cl2N3O2/c13-7-3-8(14)5-9(4-7)17-11(18)6-10-12(19)16-2-1-15-10/h3-5,10,15H,1-2,6H2,(H,16,19)(H,17,18)/t10-/m1/s1. The summed E-state index contributed by atoms with van der Waals surface area (Å²) >= 11 is 11.7. The second kappa shape index (κ2) is 6.23. The van der Waals surface area contributed by atoms with Crippen molar-refractivity contribution < 1.29 is 9.59 Å². The Hall–Kier alpha value is -1.30. The maximum absolute atomic E-state index is 11.8. The van der Waals surface area contributed by atoms with Crippen molar-refractivity contribution in [2.24, 2.45) is 0 Å². The number of nitrogens with one attached hydrogen (secondary N) is 3. The fourth-order valence-electron chi connectivity index (χ4n) is 1.84. The fraction of sp³-hybridized carbons (Fsp3) is 0.333. The van der Waals surface area contributed by atoms with Crippen molar-refractivity contribution in [2.45, 2.75) is 12.5 Å². The highest BCUT2D eigenvalue weighted by atomic mass is 35.5. The van der Waals surface area contributed by atoms with Crippen molar-refractivity contribution in [2.75, 3.05) is 18.4 Å². The van der Waals surface area contributed by atoms with Gasteiger partial charge in [-0.3, -0.25) is 9.59 Å². The van der Waals surface area contributed by atoms with Crippen molar-refractivity contribution in [1.82, 2.24) is 10.6 Å². The summed E-state index contributed by atoms with van der Waals surface area (Å²) in [7, 11) is 0. The van der Waals surface area contributed by atoms with Crippen LogP contribution in [0.5, 0.6) is 0 Å². The Morgan fingerprint density at radius 2 is 1.95 bits per heavy atom. The summed E-state index contributed by atoms with van der Waals surface area (Å²) in [6.07, 6.45) is 0.0654. The first-order valence-corrected chi connectivity index (χ1v) is 6.57. The van der Waals surface area contributed by atoms with E-state index in [1.54, 1.807) is 18.2 Å². The van der Waals surface area contributed by atoms with Crippen molar-refractivity contribution in [3.63, 3.8) is 0 Å². The largest absolute Gasteiger partial charge is 0.353 e. The highest BCUT2D eigenvalue weighted by molar-refractivity contribution is 6.35. The van der Waals surface area contributed by atoms with Gasteiger partial charge in [-0.1, -0.05) is 23.2 Å². The predicted octanol–water partition coefficient (Wildman–Crippen LogP) is 1.41. The first kappa shape index (κ1) is 14.1. The van der Waals surface area contributed by atoms with E-state index in [0.29, 0.717) is 28.8 Å². The first-order valence-electron chi connectivity index (χ1n) is 5.81. The van der Waals surface area contributed by atoms with Gasteiger partial charge in [0.05, 0.1) is 12.5 Å². The van der Waals surface area contributed by atoms with Gasteiger partial charge in [0.1, 0.15) is 0 Å². The fourth-order valence-corrected chi connectivity index (χ4v) is 2.36. The van der Waals surface area contributed by atoms with Crippen molar-refractivity contribution in [1.29, 1.82) is 0 Å². The van der Waals surface area contributed by atoms with Crippen LogP contribution >= 0.6 is 23.2 Å². The van der Waals surface area contributed by atoms with E-state index in [1.165, 1.54) is 0 Å². The second-order valence-corrected chi connectivity index (χ2v) is 5.08. The van der Waals surface area contributed by atoms with Gasteiger partial charge < -0.3 is 16.0 Å². The average molecular weight is 302 g/mol. The number of hydrogen-bond donors (Lipinski definition) is 3. The summed E-state index contributed by atoms with van der Waals surface area (Å²) in [4.78, 5) is 23.3. The van der Waals surface area contributed by atoms with Crippen LogP contribution in [0.1, 0.15) is 6.42 Å². The molecule has 7 heteroatoms. The van der Waals surface area contributed by atoms with Gasteiger partial charge >= 0.3 is 0 Å². The summed E-state index contributed by atoms with van der Waals surface area (Å²) in [6.45, 7) is 1.24. The molecule has 0 spiro atoms. The summed E-state index contributed by atoms with van der Waals surface area (Å²) in [5.41, 5.74) is 0.513. The van der Waals surface area contributed by atoms with Crippen molar-refractivity contribution in [3.05, 3.63) is 28.2 Å². The Balaban J connectivity index is 1.95. The maximum Gasteiger partial charge on any atom is 0.237 e. The zero-order valence-electron chi connectivity index (χ0n) is 10.0. The van der Waals surface area contributed by atoms with Gasteiger partial charge in [-0.25, -0.2) is 0 Å². The van der Waals surface area contributed by atoms with Crippen molar-refractivity contribution >= 4 is 40.7 Å². The summed E-state index contributed by atoms with van der Waals surface area (Å²) in [5, 5.41) is 9.22. The number of amides is 2. The number of halogens is 2. The molecule has 0 radical (unpaired) electrons. The third-order valence-electron chi connectivity index (χ3n) is 2.67. The number of piperazine rings is 1. The molecule has 1 fully saturated rings. The highest BCUT2D eigenvalue weighted by Gasteiger charge is 2.24. The zero-order valence-corrected chi connectivity index (χ0v) is 11.5. The molecule has 1 aromatic rings. The van der Waals surface area contributed by atoms with Gasteiger partial charge in [-0.2, -0.15) is 0 Å². The van der Waals surface area contributed by atoms with Crippen LogP contribution < -0.4 is 16.0 Å². The van der Waals surface area contributed by atoms with E-state index in [2.05, 4.69) is 16.0 Å². The van der Waals surface area contributed by atoms with Crippen molar-refractivity contribution in [3.8, 4) is 0 Å². The number of rotatable bonds is 3. The molecule has 102 valence electrons. The molecule has 2 amide bonds. The molecular weight excluding hydrogens is 289 g/mol. The smallest absolute Gasteiger partial charge is 0.237 e. The molecule has 0 unspecified atom stereocenters. The Morgan fingerprint density at radius 3 is 2.58 bits per heavy atom. The van der Waals surface area contributed by atoms with Gasteiger partial charge in [0, 0.05) is 28.8 Å². The third-order valence-corrected chi connectivity index (χ3v) is 3.10. The normalized spacial score (nSPS) is 18.8. The minimum absolute atomic E-state index is 0.0654. The van der Waals surface area contributed by atoms with Crippen LogP contribution in [0.25, 0.3) is 0 Å². The molecule has 1 aliphatic rings. The van der Waals surface area contributed by atoms with E-state index < -0.39 is 6.04 Å². The molecule has 0 aliphatic carbocycles. The minimum Gasteiger partial charge on any atom is -0.353 e. The molecule has 1 saturated heterocycles. The van der Waals surface area contributed by atoms with E-state index in [4.69, 9.17) is 23.2 Å². The van der Waals surface area contributed by atoms with Crippen LogP contribution in [0.2, 0.25) is 10.0 Å². The quantitative estimate of drug-likeness (QED) is 0.790. The molecule has 1 aliphatic heterocycles. The average Bonchev–Trinajstić information content (AvgIpc) is 2.30. The van der Waals surface area contributed by atoms with E-state index in [1.807, 2.05) is 0 Å². The monoisotopic (exact) mass is 301 g/mol. The Bertz CT molecular complexity index is 487. The van der Waals surface area contributed by atoms with Crippen LogP contribution in [0, 0.1) is 0 Å². The summed E-state index contributed by atoms with van der Waals surface area (Å²) in [5.74, 6) is -0.432. The number of anilines is 1. The molecule has 3 N–H and O–H groups in total. The SMILES string of the molecule is O=C(C[C@H]1NCCNC1=O)Nc1cc(Cl)cc(Cl)c1. The van der Waals surface area contributed by atoms with E-state index >= 15 is 0 Å². The second-order valence-electron chi connectivity index (χ2n) is 4.21. The molecule has 0 aromatic heterocycles. The number of benzene rings is 1. The van der Waals surface area contributed by atoms with Gasteiger partial charge in [0.25, 0.3) is 0 Å². The zero-order chi connectivity index (χ0) is 13.8. The maximum atomic E-state index is 11.8. The lowest BCUT2D eigenvalue weighted by molar-refractivity contribution is -0.127. The van der Waals surface area contributed by atoms with Gasteiger partial charge in [0.15, 0.2) is 0 Å². The summed E-state index contributed by atoms with van der Waals surface area (Å²) < 4.78 is 0. The molecule has 1 heterocycles. The van der Waals surface area contributed by atoms with Crippen LogP contribution in [0.4, 0.5) is 5.69 Å². The molecule has 0 saturated carbocycles. The minimum atomic E-state index is -0.497. The van der Waals surface area contributed by atoms with Gasteiger partial charge in [-0.15, -0.1) is 0 Å². The van der Waals surface area contributed by atoms with Crippen LogP contribution in [-0.2, 0) is 9.59 Å². The van der Waals surface area contributed by atoms with E-state index in [0.717, 1.165) is 0 Å². The molecule has 19 heavy (non-hydrogen) atoms. The topological polar surface area (TPSA) is 70.2 Å². The van der Waals surface area contributed by atoms with E-state index in [9.17, 15) is 9.59 Å². The summed E-state index contributed by atoms with van der Waals surface area (Å²) in [6, 6.07) is 4.28. The molecule has 1 atom stereocenters. The van der Waals surface area contributed by atoms with E-state index in [-0.39, 0.29) is 18.2 Å². The number of hydrogen-bond acceptors (Lipinski definition) is 3. The molecule has 5 nitrogen and oxygen atoms in total. The third kappa shape index (κ3) is 4.09. The van der Waals surface area contributed by atoms with Gasteiger partial charge in [0.2, 0.25) is 11.8 Å². The lowest BCUT2D eigenvalue weighted by Gasteiger charge is -2.22. The lowest BCUT2D eigenvalue weighted by Crippen LogP contribution is -2.53. The Labute approximate surface area is 120 Å². The molecule has 1 aromatic carbocycles. The Morgan fingerprint density at radius 1 is 1.26 bits per heavy atom. The predicted molar refractivity (Wildman–Crippen MR) is 74.5 cm³/mol.